The van der Waals surface area contributed by atoms with Gasteiger partial charge in [0.15, 0.2) is 11.4 Å². The fourth-order valence-electron chi connectivity index (χ4n) is 10.3. The van der Waals surface area contributed by atoms with Crippen molar-refractivity contribution in [2.24, 2.45) is 9.98 Å². The Kier molecular flexibility index (Phi) is 9.34. The van der Waals surface area contributed by atoms with E-state index in [1.54, 1.807) is 0 Å². The molecule has 1 aliphatic carbocycles. The third kappa shape index (κ3) is 6.81. The zero-order chi connectivity index (χ0) is 43.5. The molecule has 0 saturated heterocycles. The van der Waals surface area contributed by atoms with Crippen molar-refractivity contribution in [3.05, 3.63) is 240 Å². The molecule has 8 aromatic carbocycles. The summed E-state index contributed by atoms with van der Waals surface area (Å²) >= 11 is 0. The molecule has 0 N–H and O–H groups in total. The summed E-state index contributed by atoms with van der Waals surface area (Å²) in [6, 6.07) is 71.1. The first-order valence-corrected chi connectivity index (χ1v) is 22.6. The maximum Gasteiger partial charge on any atom is 0.162 e. The molecule has 0 amide bonds. The second-order valence-electron chi connectivity index (χ2n) is 17.7. The van der Waals surface area contributed by atoms with E-state index in [9.17, 15) is 0 Å². The summed E-state index contributed by atoms with van der Waals surface area (Å²) in [4.78, 5) is 16.4. The van der Waals surface area contributed by atoms with Crippen LogP contribution in [0.1, 0.15) is 65.6 Å². The minimum atomic E-state index is -0.548. The summed E-state index contributed by atoms with van der Waals surface area (Å²) in [5.41, 5.74) is 15.6. The van der Waals surface area contributed by atoms with Gasteiger partial charge in [-0.05, 0) is 86.3 Å². The summed E-state index contributed by atoms with van der Waals surface area (Å²) in [6.45, 7) is 4.59. The number of furan rings is 1. The van der Waals surface area contributed by atoms with Gasteiger partial charge in [-0.1, -0.05) is 201 Å². The molecule has 0 saturated carbocycles. The van der Waals surface area contributed by atoms with E-state index in [0.717, 1.165) is 72.5 Å². The number of para-hydroxylation sites is 1. The van der Waals surface area contributed by atoms with Crippen molar-refractivity contribution in [1.29, 1.82) is 0 Å². The van der Waals surface area contributed by atoms with Gasteiger partial charge >= 0.3 is 0 Å². The highest BCUT2D eigenvalue weighted by Gasteiger charge is 2.34. The average molecular weight is 836 g/mol. The Morgan fingerprint density at radius 1 is 0.569 bits per heavy atom. The van der Waals surface area contributed by atoms with E-state index in [1.807, 2.05) is 6.07 Å². The standard InChI is InChI=1S/C61H45N3O/c1-39-49(35-36-53-56(39)57-52-24-11-12-26-55(52)65-59(57)58(62-53)51-25-14-20-44-19-9-10-23-50(44)51)46-21-13-22-47(37-46)60-63-54(45-29-27-42(28-30-45)40-15-5-3-6-16-40)38-61(2,64-60)48-33-31-43(32-34-48)41-17-7-4-8-18-41/h3-37,39,49H,38H2,1-2H3. The Morgan fingerprint density at radius 2 is 1.17 bits per heavy atom. The molecule has 3 atom stereocenters. The number of benzene rings is 8. The Bertz CT molecular complexity index is 3520. The molecule has 0 fully saturated rings. The average Bonchev–Trinajstić information content (AvgIpc) is 3.76. The summed E-state index contributed by atoms with van der Waals surface area (Å²) in [6.07, 6.45) is 5.24. The third-order valence-corrected chi connectivity index (χ3v) is 13.7. The highest BCUT2D eigenvalue weighted by atomic mass is 16.3. The second kappa shape index (κ2) is 15.7. The van der Waals surface area contributed by atoms with Gasteiger partial charge in [0.05, 0.1) is 16.9 Å². The van der Waals surface area contributed by atoms with Crippen molar-refractivity contribution in [2.75, 3.05) is 0 Å². The molecular weight excluding hydrogens is 791 g/mol. The SMILES string of the molecule is CC1c2c(nc(-c3cccc4ccccc34)c3oc4ccccc4c23)C=CC1c1cccc(C2=NC(C)(c3ccc(-c4ccccc4)cc3)CC(c3ccc(-c4ccccc4)cc3)=N2)c1. The van der Waals surface area contributed by atoms with Crippen molar-refractivity contribution in [3.8, 4) is 33.5 Å². The van der Waals surface area contributed by atoms with Crippen LogP contribution in [0.5, 0.6) is 0 Å². The van der Waals surface area contributed by atoms with Gasteiger partial charge in [-0.25, -0.2) is 9.98 Å². The molecule has 65 heavy (non-hydrogen) atoms. The monoisotopic (exact) mass is 835 g/mol. The summed E-state index contributed by atoms with van der Waals surface area (Å²) < 4.78 is 6.78. The number of rotatable bonds is 7. The third-order valence-electron chi connectivity index (χ3n) is 13.7. The highest BCUT2D eigenvalue weighted by molar-refractivity contribution is 6.15. The lowest BCUT2D eigenvalue weighted by Gasteiger charge is -2.32. The molecule has 3 unspecified atom stereocenters. The number of aromatic nitrogens is 1. The van der Waals surface area contributed by atoms with Crippen LogP contribution in [-0.2, 0) is 5.54 Å². The van der Waals surface area contributed by atoms with Crippen LogP contribution in [0.15, 0.2) is 221 Å². The first kappa shape index (κ1) is 38.7. The topological polar surface area (TPSA) is 50.8 Å². The lowest BCUT2D eigenvalue weighted by atomic mass is 9.76. The molecule has 4 nitrogen and oxygen atoms in total. The van der Waals surface area contributed by atoms with E-state index in [4.69, 9.17) is 19.4 Å². The summed E-state index contributed by atoms with van der Waals surface area (Å²) in [5.74, 6) is 0.929. The largest absolute Gasteiger partial charge is 0.454 e. The molecule has 10 aromatic rings. The van der Waals surface area contributed by atoms with Crippen molar-refractivity contribution < 1.29 is 4.42 Å². The van der Waals surface area contributed by atoms with Gasteiger partial charge in [0.2, 0.25) is 0 Å². The minimum Gasteiger partial charge on any atom is -0.454 e. The van der Waals surface area contributed by atoms with Gasteiger partial charge in [0, 0.05) is 34.2 Å². The summed E-state index contributed by atoms with van der Waals surface area (Å²) in [5, 5.41) is 4.60. The van der Waals surface area contributed by atoms with Crippen molar-refractivity contribution in [3.63, 3.8) is 0 Å². The smallest absolute Gasteiger partial charge is 0.162 e. The normalized spacial score (nSPS) is 18.1. The van der Waals surface area contributed by atoms with Gasteiger partial charge in [-0.15, -0.1) is 0 Å². The maximum absolute atomic E-state index is 6.78. The van der Waals surface area contributed by atoms with E-state index in [1.165, 1.54) is 38.8 Å². The Balaban J connectivity index is 0.951. The highest BCUT2D eigenvalue weighted by Crippen LogP contribution is 2.48. The van der Waals surface area contributed by atoms with Crippen LogP contribution >= 0.6 is 0 Å². The molecule has 12 rings (SSSR count). The molecule has 2 aromatic heterocycles. The first-order chi connectivity index (χ1) is 32.0. The number of pyridine rings is 1. The van der Waals surface area contributed by atoms with Crippen LogP contribution in [0.25, 0.3) is 72.3 Å². The molecule has 2 aliphatic rings. The fourth-order valence-corrected chi connectivity index (χ4v) is 10.3. The van der Waals surface area contributed by atoms with Crippen LogP contribution in [-0.4, -0.2) is 16.5 Å². The number of amidine groups is 1. The zero-order valence-electron chi connectivity index (χ0n) is 36.3. The van der Waals surface area contributed by atoms with Crippen LogP contribution in [0.2, 0.25) is 0 Å². The predicted molar refractivity (Wildman–Crippen MR) is 270 cm³/mol. The molecule has 4 heteroatoms. The van der Waals surface area contributed by atoms with Crippen molar-refractivity contribution >= 4 is 50.3 Å². The van der Waals surface area contributed by atoms with Crippen LogP contribution in [0, 0.1) is 0 Å². The first-order valence-electron chi connectivity index (χ1n) is 22.6. The van der Waals surface area contributed by atoms with Gasteiger partial charge in [-0.3, -0.25) is 4.99 Å². The Morgan fingerprint density at radius 3 is 1.92 bits per heavy atom. The Labute approximate surface area is 379 Å². The molecule has 0 radical (unpaired) electrons. The van der Waals surface area contributed by atoms with Crippen LogP contribution in [0.4, 0.5) is 0 Å². The molecule has 0 spiro atoms. The van der Waals surface area contributed by atoms with Crippen molar-refractivity contribution in [1.82, 2.24) is 4.98 Å². The van der Waals surface area contributed by atoms with Crippen LogP contribution in [0.3, 0.4) is 0 Å². The van der Waals surface area contributed by atoms with Gasteiger partial charge < -0.3 is 4.42 Å². The minimum absolute atomic E-state index is 0.0830. The van der Waals surface area contributed by atoms with E-state index in [2.05, 4.69) is 220 Å². The molecular formula is C61H45N3O. The molecule has 0 bridgehead atoms. The second-order valence-corrected chi connectivity index (χ2v) is 17.7. The van der Waals surface area contributed by atoms with Crippen molar-refractivity contribution in [2.45, 2.75) is 37.6 Å². The van der Waals surface area contributed by atoms with Gasteiger partial charge in [0.1, 0.15) is 11.3 Å². The number of hydrogen-bond acceptors (Lipinski definition) is 4. The fraction of sp³-hybridized carbons (Fsp3) is 0.0984. The number of allylic oxidation sites excluding steroid dienone is 1. The molecule has 310 valence electrons. The molecule has 1 aliphatic heterocycles. The van der Waals surface area contributed by atoms with Crippen LogP contribution < -0.4 is 0 Å². The summed E-state index contributed by atoms with van der Waals surface area (Å²) in [7, 11) is 0. The van der Waals surface area contributed by atoms with E-state index < -0.39 is 5.54 Å². The van der Waals surface area contributed by atoms with E-state index >= 15 is 0 Å². The molecule has 3 heterocycles. The number of hydrogen-bond donors (Lipinski definition) is 0. The number of aliphatic imine (C=N–C) groups is 2. The van der Waals surface area contributed by atoms with E-state index in [-0.39, 0.29) is 11.8 Å². The predicted octanol–water partition coefficient (Wildman–Crippen LogP) is 15.6. The number of fused-ring (bicyclic) bond motifs is 6. The van der Waals surface area contributed by atoms with E-state index in [0.29, 0.717) is 6.42 Å². The number of nitrogens with zero attached hydrogens (tertiary/aromatic N) is 3. The lowest BCUT2D eigenvalue weighted by molar-refractivity contribution is 0.515. The lowest BCUT2D eigenvalue weighted by Crippen LogP contribution is -2.30. The van der Waals surface area contributed by atoms with Gasteiger partial charge in [-0.2, -0.15) is 0 Å². The maximum atomic E-state index is 6.78. The Hall–Kier alpha value is -7.95. The quantitative estimate of drug-likeness (QED) is 0.161. The zero-order valence-corrected chi connectivity index (χ0v) is 36.3. The van der Waals surface area contributed by atoms with Gasteiger partial charge in [0.25, 0.3) is 0 Å².